The van der Waals surface area contributed by atoms with Gasteiger partial charge in [0.15, 0.2) is 3.79 Å². The third-order valence-electron chi connectivity index (χ3n) is 7.67. The molecular formula is C30H51IN4O4. The van der Waals surface area contributed by atoms with Crippen LogP contribution in [0.25, 0.3) is 0 Å². The molecule has 5 atom stereocenters. The van der Waals surface area contributed by atoms with Crippen LogP contribution in [0.1, 0.15) is 59.9 Å². The number of ether oxygens (including phenoxy) is 1. The number of methoxy groups -OCH3 is 1. The molecule has 0 heterocycles. The summed E-state index contributed by atoms with van der Waals surface area (Å²) in [5.74, 6) is -0.259. The van der Waals surface area contributed by atoms with Crippen LogP contribution in [-0.2, 0) is 25.5 Å². The minimum atomic E-state index is -0.689. The van der Waals surface area contributed by atoms with Gasteiger partial charge in [0.05, 0.1) is 18.2 Å². The van der Waals surface area contributed by atoms with Gasteiger partial charge in [-0.2, -0.15) is 0 Å². The van der Waals surface area contributed by atoms with E-state index in [0.29, 0.717) is 6.54 Å². The second-order valence-corrected chi connectivity index (χ2v) is 12.5. The molecule has 8 nitrogen and oxygen atoms in total. The number of carbonyl (C=O) groups excluding carboxylic acids is 3. The number of hydrogen-bond donors (Lipinski definition) is 2. The number of likely N-dealkylation sites (N-methyl/N-ethyl adjacent to an activating group) is 2. The lowest BCUT2D eigenvalue weighted by Crippen LogP contribution is -2.59. The molecule has 0 aromatic heterocycles. The van der Waals surface area contributed by atoms with Gasteiger partial charge in [-0.15, -0.1) is 0 Å². The van der Waals surface area contributed by atoms with Crippen LogP contribution >= 0.6 is 22.6 Å². The molecule has 0 unspecified atom stereocenters. The molecule has 1 aromatic rings. The van der Waals surface area contributed by atoms with Gasteiger partial charge in [0.1, 0.15) is 6.04 Å². The van der Waals surface area contributed by atoms with E-state index in [4.69, 9.17) is 4.74 Å². The van der Waals surface area contributed by atoms with E-state index in [1.807, 2.05) is 53.9 Å². The Hall–Kier alpha value is -1.72. The largest absolute Gasteiger partial charge is 0.388 e. The van der Waals surface area contributed by atoms with E-state index in [1.165, 1.54) is 5.56 Å². The monoisotopic (exact) mass is 658 g/mol. The Morgan fingerprint density at radius 1 is 1.00 bits per heavy atom. The number of nitrogens with one attached hydrogen (secondary N) is 2. The van der Waals surface area contributed by atoms with Crippen LogP contribution in [0, 0.1) is 17.8 Å². The summed E-state index contributed by atoms with van der Waals surface area (Å²) in [6.45, 7) is 12.8. The standard InChI is InChI=1S/C30H51IN4O4/c1-11-21(6)28(24(39-10)18-25(31)36)35(9)30(38)26(19(2)3)33-29(37)27(20(4)5)34(8)17-16-22-12-14-23(32-7)15-13-22/h12-15,19-21,24,26-28,32H,11,16-18H2,1-10H3,(H,33,37)/t21-,24+,26-,27-,28-/m0/s1. The van der Waals surface area contributed by atoms with Crippen LogP contribution in [0.3, 0.4) is 0 Å². The molecule has 0 aliphatic heterocycles. The van der Waals surface area contributed by atoms with E-state index in [1.54, 1.807) is 41.6 Å². The van der Waals surface area contributed by atoms with Gasteiger partial charge in [-0.1, -0.05) is 60.1 Å². The Kier molecular flexibility index (Phi) is 15.5. The third-order valence-corrected chi connectivity index (χ3v) is 8.11. The number of halogens is 1. The lowest BCUT2D eigenvalue weighted by Gasteiger charge is -2.40. The number of nitrogens with zero attached hydrogens (tertiary/aromatic N) is 2. The highest BCUT2D eigenvalue weighted by Gasteiger charge is 2.38. The van der Waals surface area contributed by atoms with Crippen molar-refractivity contribution in [3.8, 4) is 0 Å². The molecule has 2 N–H and O–H groups in total. The van der Waals surface area contributed by atoms with Crippen molar-refractivity contribution in [1.82, 2.24) is 15.1 Å². The van der Waals surface area contributed by atoms with Gasteiger partial charge in [0.25, 0.3) is 0 Å². The summed E-state index contributed by atoms with van der Waals surface area (Å²) in [4.78, 5) is 43.2. The molecule has 39 heavy (non-hydrogen) atoms. The summed E-state index contributed by atoms with van der Waals surface area (Å²) in [5, 5.41) is 6.22. The first-order valence-electron chi connectivity index (χ1n) is 14.0. The Bertz CT molecular complexity index is 909. The Balaban J connectivity index is 3.09. The van der Waals surface area contributed by atoms with E-state index < -0.39 is 12.1 Å². The highest BCUT2D eigenvalue weighted by molar-refractivity contribution is 14.1. The molecule has 0 radical (unpaired) electrons. The molecule has 0 saturated heterocycles. The molecule has 0 aliphatic rings. The van der Waals surface area contributed by atoms with Crippen LogP contribution in [0.15, 0.2) is 24.3 Å². The Labute approximate surface area is 250 Å². The summed E-state index contributed by atoms with van der Waals surface area (Å²) in [6.07, 6.45) is 1.45. The van der Waals surface area contributed by atoms with Crippen molar-refractivity contribution in [2.75, 3.05) is 40.1 Å². The first-order valence-corrected chi connectivity index (χ1v) is 15.1. The fourth-order valence-electron chi connectivity index (χ4n) is 5.15. The number of rotatable bonds is 17. The SMILES string of the molecule is CC[C@H](C)[C@@H]([C@@H](CC(=O)I)OC)N(C)C(=O)[C@@H](NC(=O)[C@H](C(C)C)N(C)CCc1ccc(NC)cc1)C(C)C. The molecule has 9 heteroatoms. The highest BCUT2D eigenvalue weighted by atomic mass is 127. The van der Waals surface area contributed by atoms with Crippen molar-refractivity contribution < 1.29 is 19.1 Å². The maximum atomic E-state index is 13.9. The zero-order valence-corrected chi connectivity index (χ0v) is 27.7. The minimum absolute atomic E-state index is 0.0110. The maximum absolute atomic E-state index is 13.9. The van der Waals surface area contributed by atoms with Gasteiger partial charge < -0.3 is 20.3 Å². The summed E-state index contributed by atoms with van der Waals surface area (Å²) >= 11 is 1.78. The van der Waals surface area contributed by atoms with E-state index in [0.717, 1.165) is 18.5 Å². The second kappa shape index (κ2) is 17.2. The molecule has 1 rings (SSSR count). The first-order chi connectivity index (χ1) is 18.3. The van der Waals surface area contributed by atoms with Gasteiger partial charge in [-0.05, 0) is 71.5 Å². The van der Waals surface area contributed by atoms with Gasteiger partial charge in [0.2, 0.25) is 11.8 Å². The van der Waals surface area contributed by atoms with Crippen molar-refractivity contribution in [3.05, 3.63) is 29.8 Å². The summed E-state index contributed by atoms with van der Waals surface area (Å²) in [6, 6.07) is 6.94. The Morgan fingerprint density at radius 3 is 2.03 bits per heavy atom. The fraction of sp³-hybridized carbons (Fsp3) is 0.700. The van der Waals surface area contributed by atoms with Crippen molar-refractivity contribution >= 4 is 43.9 Å². The van der Waals surface area contributed by atoms with E-state index >= 15 is 0 Å². The van der Waals surface area contributed by atoms with Crippen LogP contribution in [0.2, 0.25) is 0 Å². The maximum Gasteiger partial charge on any atom is 0.245 e. The fourth-order valence-corrected chi connectivity index (χ4v) is 5.59. The van der Waals surface area contributed by atoms with Crippen LogP contribution in [0.5, 0.6) is 0 Å². The summed E-state index contributed by atoms with van der Waals surface area (Å²) in [5.41, 5.74) is 2.27. The molecule has 0 saturated carbocycles. The average molecular weight is 659 g/mol. The number of benzene rings is 1. The molecule has 222 valence electrons. The molecule has 0 aliphatic carbocycles. The predicted molar refractivity (Wildman–Crippen MR) is 168 cm³/mol. The topological polar surface area (TPSA) is 91.0 Å². The first kappa shape index (κ1) is 35.3. The normalized spacial score (nSPS) is 15.5. The van der Waals surface area contributed by atoms with Crippen LogP contribution < -0.4 is 10.6 Å². The predicted octanol–water partition coefficient (Wildman–Crippen LogP) is 4.61. The highest BCUT2D eigenvalue weighted by Crippen LogP contribution is 2.24. The smallest absolute Gasteiger partial charge is 0.245 e. The third kappa shape index (κ3) is 10.6. The minimum Gasteiger partial charge on any atom is -0.388 e. The van der Waals surface area contributed by atoms with E-state index in [9.17, 15) is 14.4 Å². The van der Waals surface area contributed by atoms with E-state index in [-0.39, 0.29) is 51.9 Å². The lowest BCUT2D eigenvalue weighted by molar-refractivity contribution is -0.144. The summed E-state index contributed by atoms with van der Waals surface area (Å²) in [7, 11) is 7.20. The zero-order chi connectivity index (χ0) is 29.9. The van der Waals surface area contributed by atoms with Crippen LogP contribution in [-0.4, -0.2) is 84.4 Å². The molecule has 2 amide bonds. The quantitative estimate of drug-likeness (QED) is 0.188. The van der Waals surface area contributed by atoms with Crippen molar-refractivity contribution in [1.29, 1.82) is 0 Å². The molecule has 0 bridgehead atoms. The molecule has 0 fully saturated rings. The van der Waals surface area contributed by atoms with Crippen molar-refractivity contribution in [2.45, 2.75) is 85.0 Å². The second-order valence-electron chi connectivity index (χ2n) is 11.3. The van der Waals surface area contributed by atoms with Gasteiger partial charge in [-0.3, -0.25) is 19.3 Å². The zero-order valence-electron chi connectivity index (χ0n) is 25.6. The molecule has 1 aromatic carbocycles. The van der Waals surface area contributed by atoms with Gasteiger partial charge >= 0.3 is 0 Å². The van der Waals surface area contributed by atoms with Gasteiger partial charge in [0, 0.05) is 39.9 Å². The summed E-state index contributed by atoms with van der Waals surface area (Å²) < 4.78 is 5.69. The average Bonchev–Trinajstić information content (AvgIpc) is 2.89. The Morgan fingerprint density at radius 2 is 1.59 bits per heavy atom. The molecule has 0 spiro atoms. The van der Waals surface area contributed by atoms with Gasteiger partial charge in [-0.25, -0.2) is 0 Å². The van der Waals surface area contributed by atoms with E-state index in [2.05, 4.69) is 41.5 Å². The number of amides is 2. The van der Waals surface area contributed by atoms with Crippen molar-refractivity contribution in [3.63, 3.8) is 0 Å². The molecular weight excluding hydrogens is 607 g/mol. The lowest BCUT2D eigenvalue weighted by atomic mass is 9.90. The number of anilines is 1. The number of carbonyl (C=O) groups is 3. The van der Waals surface area contributed by atoms with Crippen LogP contribution in [0.4, 0.5) is 5.69 Å². The van der Waals surface area contributed by atoms with Crippen molar-refractivity contribution in [2.24, 2.45) is 17.8 Å². The number of hydrogen-bond acceptors (Lipinski definition) is 6.